The van der Waals surface area contributed by atoms with Gasteiger partial charge in [0.2, 0.25) is 0 Å². The van der Waals surface area contributed by atoms with Crippen molar-refractivity contribution >= 4 is 23.4 Å². The molecule has 112 valence electrons. The molecule has 2 rings (SSSR count). The monoisotopic (exact) mass is 325 g/mol. The third kappa shape index (κ3) is 4.37. The van der Waals surface area contributed by atoms with Crippen molar-refractivity contribution in [2.75, 3.05) is 19.9 Å². The van der Waals surface area contributed by atoms with Gasteiger partial charge in [0, 0.05) is 33.3 Å². The molecule has 2 aromatic rings. The van der Waals surface area contributed by atoms with Gasteiger partial charge in [-0.25, -0.2) is 4.39 Å². The second-order valence-corrected chi connectivity index (χ2v) is 6.02. The average Bonchev–Trinajstić information content (AvgIpc) is 2.50. The summed E-state index contributed by atoms with van der Waals surface area (Å²) >= 11 is 7.52. The standard InChI is InChI=1S/C16H17ClFNOS/c1-19-16(10-21-13-6-3-11(17)4-7-13)14-8-5-12(20-2)9-15(14)18/h3-9,16,19H,10H2,1-2H3. The summed E-state index contributed by atoms with van der Waals surface area (Å²) in [4.78, 5) is 1.11. The molecule has 0 fully saturated rings. The molecule has 1 N–H and O–H groups in total. The fraction of sp³-hybridized carbons (Fsp3) is 0.250. The van der Waals surface area contributed by atoms with Crippen LogP contribution in [0.1, 0.15) is 11.6 Å². The van der Waals surface area contributed by atoms with Gasteiger partial charge in [0.25, 0.3) is 0 Å². The van der Waals surface area contributed by atoms with Crippen molar-refractivity contribution in [2.45, 2.75) is 10.9 Å². The predicted molar refractivity (Wildman–Crippen MR) is 86.9 cm³/mol. The molecule has 0 radical (unpaired) electrons. The Morgan fingerprint density at radius 3 is 2.52 bits per heavy atom. The Morgan fingerprint density at radius 1 is 1.24 bits per heavy atom. The predicted octanol–water partition coefficient (Wildman–Crippen LogP) is 4.54. The Bertz CT molecular complexity index is 591. The maximum Gasteiger partial charge on any atom is 0.131 e. The van der Waals surface area contributed by atoms with Gasteiger partial charge in [-0.3, -0.25) is 0 Å². The number of ether oxygens (including phenoxy) is 1. The van der Waals surface area contributed by atoms with Crippen molar-refractivity contribution in [3.05, 3.63) is 58.9 Å². The number of rotatable bonds is 6. The van der Waals surface area contributed by atoms with Crippen LogP contribution in [-0.4, -0.2) is 19.9 Å². The SMILES string of the molecule is CNC(CSc1ccc(Cl)cc1)c1ccc(OC)cc1F. The smallest absolute Gasteiger partial charge is 0.131 e. The van der Waals surface area contributed by atoms with E-state index in [4.69, 9.17) is 16.3 Å². The van der Waals surface area contributed by atoms with Gasteiger partial charge in [-0.2, -0.15) is 0 Å². The fourth-order valence-corrected chi connectivity index (χ4v) is 3.12. The molecule has 2 aromatic carbocycles. The van der Waals surface area contributed by atoms with Gasteiger partial charge in [0.05, 0.1) is 7.11 Å². The summed E-state index contributed by atoms with van der Waals surface area (Å²) in [5.74, 6) is 0.989. The van der Waals surface area contributed by atoms with Crippen molar-refractivity contribution in [3.8, 4) is 5.75 Å². The van der Waals surface area contributed by atoms with Crippen molar-refractivity contribution < 1.29 is 9.13 Å². The first kappa shape index (κ1) is 16.1. The van der Waals surface area contributed by atoms with E-state index in [1.807, 2.05) is 31.3 Å². The first-order valence-electron chi connectivity index (χ1n) is 6.53. The molecule has 0 saturated carbocycles. The Labute approximate surface area is 133 Å². The topological polar surface area (TPSA) is 21.3 Å². The highest BCUT2D eigenvalue weighted by molar-refractivity contribution is 7.99. The van der Waals surface area contributed by atoms with Crippen LogP contribution in [0.2, 0.25) is 5.02 Å². The first-order valence-corrected chi connectivity index (χ1v) is 7.89. The van der Waals surface area contributed by atoms with Crippen molar-refractivity contribution in [1.29, 1.82) is 0 Å². The highest BCUT2D eigenvalue weighted by Crippen LogP contribution is 2.28. The Balaban J connectivity index is 2.07. The van der Waals surface area contributed by atoms with Crippen LogP contribution in [0.25, 0.3) is 0 Å². The highest BCUT2D eigenvalue weighted by Gasteiger charge is 2.15. The summed E-state index contributed by atoms with van der Waals surface area (Å²) in [6.07, 6.45) is 0. The van der Waals surface area contributed by atoms with Gasteiger partial charge in [0.15, 0.2) is 0 Å². The molecular weight excluding hydrogens is 309 g/mol. The lowest BCUT2D eigenvalue weighted by atomic mass is 10.1. The minimum absolute atomic E-state index is 0.0726. The average molecular weight is 326 g/mol. The molecule has 21 heavy (non-hydrogen) atoms. The molecule has 0 aliphatic rings. The number of benzene rings is 2. The fourth-order valence-electron chi connectivity index (χ4n) is 1.96. The molecule has 0 bridgehead atoms. The number of methoxy groups -OCH3 is 1. The number of nitrogens with one attached hydrogen (secondary N) is 1. The molecule has 0 heterocycles. The minimum atomic E-state index is -0.259. The summed E-state index contributed by atoms with van der Waals surface area (Å²) < 4.78 is 19.1. The van der Waals surface area contributed by atoms with E-state index in [2.05, 4.69) is 5.32 Å². The molecular formula is C16H17ClFNOS. The van der Waals surface area contributed by atoms with Gasteiger partial charge in [-0.15, -0.1) is 11.8 Å². The first-order chi connectivity index (χ1) is 10.1. The molecule has 0 aliphatic heterocycles. The third-order valence-electron chi connectivity index (χ3n) is 3.16. The zero-order valence-electron chi connectivity index (χ0n) is 11.9. The van der Waals surface area contributed by atoms with E-state index in [9.17, 15) is 4.39 Å². The molecule has 0 aliphatic carbocycles. The normalized spacial score (nSPS) is 12.2. The molecule has 0 spiro atoms. The van der Waals surface area contributed by atoms with E-state index in [-0.39, 0.29) is 11.9 Å². The number of thioether (sulfide) groups is 1. The zero-order chi connectivity index (χ0) is 15.2. The van der Waals surface area contributed by atoms with Crippen LogP contribution < -0.4 is 10.1 Å². The number of halogens is 2. The van der Waals surface area contributed by atoms with Crippen LogP contribution in [0.5, 0.6) is 5.75 Å². The zero-order valence-corrected chi connectivity index (χ0v) is 13.5. The summed E-state index contributed by atoms with van der Waals surface area (Å²) in [6, 6.07) is 12.5. The summed E-state index contributed by atoms with van der Waals surface area (Å²) in [6.45, 7) is 0. The summed E-state index contributed by atoms with van der Waals surface area (Å²) in [5.41, 5.74) is 0.639. The quantitative estimate of drug-likeness (QED) is 0.788. The minimum Gasteiger partial charge on any atom is -0.497 e. The van der Waals surface area contributed by atoms with Gasteiger partial charge in [-0.1, -0.05) is 17.7 Å². The molecule has 1 unspecified atom stereocenters. The van der Waals surface area contributed by atoms with Crippen LogP contribution in [0.4, 0.5) is 4.39 Å². The van der Waals surface area contributed by atoms with Crippen LogP contribution in [-0.2, 0) is 0 Å². The Morgan fingerprint density at radius 2 is 1.95 bits per heavy atom. The van der Waals surface area contributed by atoms with E-state index in [1.165, 1.54) is 13.2 Å². The van der Waals surface area contributed by atoms with Crippen LogP contribution in [0, 0.1) is 5.82 Å². The summed E-state index contributed by atoms with van der Waals surface area (Å²) in [5, 5.41) is 3.86. The van der Waals surface area contributed by atoms with Gasteiger partial charge in [0.1, 0.15) is 11.6 Å². The van der Waals surface area contributed by atoms with E-state index in [0.29, 0.717) is 16.3 Å². The van der Waals surface area contributed by atoms with Crippen molar-refractivity contribution in [1.82, 2.24) is 5.32 Å². The lowest BCUT2D eigenvalue weighted by Crippen LogP contribution is -2.20. The summed E-state index contributed by atoms with van der Waals surface area (Å²) in [7, 11) is 3.36. The lowest BCUT2D eigenvalue weighted by molar-refractivity contribution is 0.410. The maximum atomic E-state index is 14.1. The van der Waals surface area contributed by atoms with Crippen LogP contribution in [0.3, 0.4) is 0 Å². The van der Waals surface area contributed by atoms with Crippen molar-refractivity contribution in [3.63, 3.8) is 0 Å². The van der Waals surface area contributed by atoms with Crippen LogP contribution in [0.15, 0.2) is 47.4 Å². The van der Waals surface area contributed by atoms with Crippen molar-refractivity contribution in [2.24, 2.45) is 0 Å². The Hall–Kier alpha value is -1.23. The number of hydrogen-bond acceptors (Lipinski definition) is 3. The van der Waals surface area contributed by atoms with E-state index >= 15 is 0 Å². The largest absolute Gasteiger partial charge is 0.497 e. The van der Waals surface area contributed by atoms with Gasteiger partial charge < -0.3 is 10.1 Å². The third-order valence-corrected chi connectivity index (χ3v) is 4.52. The van der Waals surface area contributed by atoms with Gasteiger partial charge in [-0.05, 0) is 37.4 Å². The van der Waals surface area contributed by atoms with Gasteiger partial charge >= 0.3 is 0 Å². The second kappa shape index (κ2) is 7.69. The highest BCUT2D eigenvalue weighted by atomic mass is 35.5. The van der Waals surface area contributed by atoms with E-state index < -0.39 is 0 Å². The maximum absolute atomic E-state index is 14.1. The van der Waals surface area contributed by atoms with E-state index in [1.54, 1.807) is 23.9 Å². The molecule has 0 aromatic heterocycles. The number of hydrogen-bond donors (Lipinski definition) is 1. The molecule has 0 saturated heterocycles. The second-order valence-electron chi connectivity index (χ2n) is 4.49. The molecule has 1 atom stereocenters. The molecule has 5 heteroatoms. The van der Waals surface area contributed by atoms with E-state index in [0.717, 1.165) is 10.6 Å². The van der Waals surface area contributed by atoms with Crippen LogP contribution >= 0.6 is 23.4 Å². The molecule has 0 amide bonds. The lowest BCUT2D eigenvalue weighted by Gasteiger charge is -2.17. The Kier molecular flexibility index (Phi) is 5.91. The molecule has 2 nitrogen and oxygen atoms in total.